The average molecular weight is 326 g/mol. The van der Waals surface area contributed by atoms with Crippen LogP contribution in [0, 0.1) is 0 Å². The van der Waals surface area contributed by atoms with Gasteiger partial charge in [-0.25, -0.2) is 0 Å². The first-order valence-corrected chi connectivity index (χ1v) is 8.51. The number of nitrogens with zero attached hydrogens (tertiary/aromatic N) is 1. The molecule has 2 aromatic rings. The average Bonchev–Trinajstić information content (AvgIpc) is 3.00. The Kier molecular flexibility index (Phi) is 2.89. The smallest absolute Gasteiger partial charge is 0.277 e. The first-order chi connectivity index (χ1) is 11.7. The zero-order valence-electron chi connectivity index (χ0n) is 13.2. The van der Waals surface area contributed by atoms with Gasteiger partial charge in [0, 0.05) is 36.6 Å². The molecule has 0 atom stereocenters. The van der Waals surface area contributed by atoms with E-state index < -0.39 is 5.79 Å². The van der Waals surface area contributed by atoms with E-state index in [0.717, 1.165) is 50.0 Å². The lowest BCUT2D eigenvalue weighted by molar-refractivity contribution is -0.0716. The van der Waals surface area contributed by atoms with Crippen molar-refractivity contribution in [2.45, 2.75) is 50.2 Å². The maximum Gasteiger partial charge on any atom is 0.277 e. The van der Waals surface area contributed by atoms with Crippen molar-refractivity contribution in [2.75, 3.05) is 5.32 Å². The Morgan fingerprint density at radius 1 is 1.12 bits per heavy atom. The highest BCUT2D eigenvalue weighted by atomic mass is 16.7. The van der Waals surface area contributed by atoms with Crippen LogP contribution in [-0.4, -0.2) is 16.9 Å². The normalized spacial score (nSPS) is 20.5. The summed E-state index contributed by atoms with van der Waals surface area (Å²) in [6.07, 6.45) is 6.28. The Balaban J connectivity index is 1.32. The van der Waals surface area contributed by atoms with Crippen LogP contribution < -0.4 is 14.8 Å². The second-order valence-electron chi connectivity index (χ2n) is 6.83. The third-order valence-corrected chi connectivity index (χ3v) is 4.90. The first-order valence-electron chi connectivity index (χ1n) is 8.51. The van der Waals surface area contributed by atoms with Crippen molar-refractivity contribution in [3.05, 3.63) is 35.7 Å². The van der Waals surface area contributed by atoms with Gasteiger partial charge in [-0.15, -0.1) is 0 Å². The topological polar surface area (TPSA) is 73.6 Å². The Labute approximate surface area is 139 Å². The van der Waals surface area contributed by atoms with Crippen LogP contribution in [-0.2, 0) is 0 Å². The third kappa shape index (κ3) is 2.33. The molecular weight excluding hydrogens is 308 g/mol. The van der Waals surface area contributed by atoms with Gasteiger partial charge in [0.05, 0.1) is 0 Å². The molecule has 0 unspecified atom stereocenters. The number of carbonyl (C=O) groups excluding carboxylic acids is 1. The Bertz CT molecular complexity index is 803. The van der Waals surface area contributed by atoms with Crippen molar-refractivity contribution in [1.82, 2.24) is 5.16 Å². The van der Waals surface area contributed by atoms with Gasteiger partial charge in [-0.05, 0) is 37.8 Å². The minimum absolute atomic E-state index is 0.278. The monoisotopic (exact) mass is 326 g/mol. The standard InChI is InChI=1S/C18H18N2O4/c21-17(13-10-15(24-20-13)11-3-4-11)19-12-5-6-14-16(9-12)23-18(22-14)7-1-2-8-18/h5-6,9-11H,1-4,7-8H2,(H,19,21). The van der Waals surface area contributed by atoms with Gasteiger partial charge < -0.3 is 19.3 Å². The van der Waals surface area contributed by atoms with Crippen LogP contribution in [0.3, 0.4) is 0 Å². The molecule has 2 heterocycles. The second kappa shape index (κ2) is 5.00. The van der Waals surface area contributed by atoms with Crippen molar-refractivity contribution >= 4 is 11.6 Å². The molecule has 1 spiro atoms. The number of benzene rings is 1. The molecule has 3 aliphatic rings. The predicted octanol–water partition coefficient (Wildman–Crippen LogP) is 3.85. The van der Waals surface area contributed by atoms with Crippen LogP contribution in [0.4, 0.5) is 5.69 Å². The molecule has 1 aromatic heterocycles. The molecule has 124 valence electrons. The van der Waals surface area contributed by atoms with Crippen molar-refractivity contribution in [3.63, 3.8) is 0 Å². The summed E-state index contributed by atoms with van der Waals surface area (Å²) in [5, 5.41) is 6.70. The van der Waals surface area contributed by atoms with E-state index in [1.54, 1.807) is 6.07 Å². The molecule has 5 rings (SSSR count). The maximum atomic E-state index is 12.3. The van der Waals surface area contributed by atoms with E-state index in [9.17, 15) is 4.79 Å². The van der Waals surface area contributed by atoms with E-state index in [2.05, 4.69) is 10.5 Å². The lowest BCUT2D eigenvalue weighted by Gasteiger charge is -2.21. The van der Waals surface area contributed by atoms with Gasteiger partial charge >= 0.3 is 0 Å². The van der Waals surface area contributed by atoms with Crippen molar-refractivity contribution in [1.29, 1.82) is 0 Å². The van der Waals surface area contributed by atoms with Crippen LogP contribution in [0.15, 0.2) is 28.8 Å². The zero-order valence-corrected chi connectivity index (χ0v) is 13.2. The fraction of sp³-hybridized carbons (Fsp3) is 0.444. The van der Waals surface area contributed by atoms with Crippen molar-refractivity contribution in [3.8, 4) is 11.5 Å². The zero-order chi connectivity index (χ0) is 16.1. The molecule has 2 aliphatic carbocycles. The summed E-state index contributed by atoms with van der Waals surface area (Å²) in [6, 6.07) is 7.20. The molecule has 0 bridgehead atoms. The van der Waals surface area contributed by atoms with E-state index in [-0.39, 0.29) is 5.91 Å². The lowest BCUT2D eigenvalue weighted by atomic mass is 10.2. The Hall–Kier alpha value is -2.50. The fourth-order valence-electron chi connectivity index (χ4n) is 3.44. The number of amides is 1. The molecule has 2 fully saturated rings. The molecule has 0 saturated heterocycles. The van der Waals surface area contributed by atoms with Crippen LogP contribution in [0.25, 0.3) is 0 Å². The van der Waals surface area contributed by atoms with E-state index >= 15 is 0 Å². The molecule has 1 N–H and O–H groups in total. The highest BCUT2D eigenvalue weighted by molar-refractivity contribution is 6.03. The molecule has 1 amide bonds. The number of hydrogen-bond acceptors (Lipinski definition) is 5. The largest absolute Gasteiger partial charge is 0.448 e. The lowest BCUT2D eigenvalue weighted by Crippen LogP contribution is -2.34. The predicted molar refractivity (Wildman–Crippen MR) is 85.3 cm³/mol. The minimum atomic E-state index is -0.490. The van der Waals surface area contributed by atoms with Gasteiger partial charge in [-0.2, -0.15) is 0 Å². The summed E-state index contributed by atoms with van der Waals surface area (Å²) in [5.41, 5.74) is 0.968. The molecule has 1 aliphatic heterocycles. The molecule has 1 aromatic carbocycles. The van der Waals surface area contributed by atoms with Gasteiger partial charge in [-0.3, -0.25) is 4.79 Å². The summed E-state index contributed by atoms with van der Waals surface area (Å²) >= 11 is 0. The van der Waals surface area contributed by atoms with Gasteiger partial charge in [0.25, 0.3) is 11.7 Å². The van der Waals surface area contributed by atoms with Crippen LogP contribution in [0.2, 0.25) is 0 Å². The highest BCUT2D eigenvalue weighted by Crippen LogP contribution is 2.47. The van der Waals surface area contributed by atoms with Gasteiger partial charge in [0.2, 0.25) is 0 Å². The maximum absolute atomic E-state index is 12.3. The van der Waals surface area contributed by atoms with E-state index in [1.807, 2.05) is 18.2 Å². The number of carbonyl (C=O) groups is 1. The number of aromatic nitrogens is 1. The third-order valence-electron chi connectivity index (χ3n) is 4.90. The van der Waals surface area contributed by atoms with Crippen LogP contribution in [0.5, 0.6) is 11.5 Å². The van der Waals surface area contributed by atoms with Crippen LogP contribution in [0.1, 0.15) is 60.7 Å². The summed E-state index contributed by atoms with van der Waals surface area (Å²) in [5.74, 6) is 1.90. The van der Waals surface area contributed by atoms with Gasteiger partial charge in [0.1, 0.15) is 5.76 Å². The van der Waals surface area contributed by atoms with Gasteiger partial charge in [0.15, 0.2) is 17.2 Å². The number of nitrogens with one attached hydrogen (secondary N) is 1. The number of ether oxygens (including phenoxy) is 2. The molecule has 6 heteroatoms. The number of fused-ring (bicyclic) bond motifs is 1. The summed E-state index contributed by atoms with van der Waals surface area (Å²) in [4.78, 5) is 12.3. The minimum Gasteiger partial charge on any atom is -0.448 e. The second-order valence-corrected chi connectivity index (χ2v) is 6.83. The van der Waals surface area contributed by atoms with E-state index in [1.165, 1.54) is 0 Å². The molecule has 24 heavy (non-hydrogen) atoms. The number of anilines is 1. The quantitative estimate of drug-likeness (QED) is 0.927. The Morgan fingerprint density at radius 2 is 1.92 bits per heavy atom. The van der Waals surface area contributed by atoms with Gasteiger partial charge in [-0.1, -0.05) is 5.16 Å². The van der Waals surface area contributed by atoms with Crippen molar-refractivity contribution < 1.29 is 18.8 Å². The molecular formula is C18H18N2O4. The van der Waals surface area contributed by atoms with Crippen LogP contribution >= 0.6 is 0 Å². The van der Waals surface area contributed by atoms with Crippen molar-refractivity contribution in [2.24, 2.45) is 0 Å². The SMILES string of the molecule is O=C(Nc1ccc2c(c1)OC1(CCCC1)O2)c1cc(C2CC2)on1. The van der Waals surface area contributed by atoms with E-state index in [0.29, 0.717) is 23.0 Å². The number of rotatable bonds is 3. The van der Waals surface area contributed by atoms with E-state index in [4.69, 9.17) is 14.0 Å². The summed E-state index contributed by atoms with van der Waals surface area (Å²) < 4.78 is 17.2. The highest BCUT2D eigenvalue weighted by Gasteiger charge is 2.44. The summed E-state index contributed by atoms with van der Waals surface area (Å²) in [7, 11) is 0. The number of hydrogen-bond donors (Lipinski definition) is 1. The molecule has 2 saturated carbocycles. The first kappa shape index (κ1) is 13.9. The Morgan fingerprint density at radius 3 is 2.71 bits per heavy atom. The summed E-state index contributed by atoms with van der Waals surface area (Å²) in [6.45, 7) is 0. The molecule has 0 radical (unpaired) electrons. The fourth-order valence-corrected chi connectivity index (χ4v) is 3.44. The molecule has 6 nitrogen and oxygen atoms in total.